The molecule has 2 bridgehead atoms. The molecule has 3 atom stereocenters. The van der Waals surface area contributed by atoms with Gasteiger partial charge >= 0.3 is 0 Å². The maximum atomic E-state index is 12.5. The fraction of sp³-hybridized carbons (Fsp3) is 0.714. The summed E-state index contributed by atoms with van der Waals surface area (Å²) in [4.78, 5) is 0. The molecule has 112 valence electrons. The number of aliphatic hydroxyl groups excluding tert-OH is 1. The molecule has 0 aliphatic heterocycles. The topological polar surface area (TPSA) is 57.6 Å². The molecule has 0 spiro atoms. The quantitative estimate of drug-likeness (QED) is 0.907. The van der Waals surface area contributed by atoms with E-state index in [1.54, 1.807) is 18.5 Å². The largest absolute Gasteiger partial charge is 0.392 e. The Balaban J connectivity index is 1.70. The molecule has 1 aromatic heterocycles. The molecule has 2 aliphatic carbocycles. The number of hydrogen-bond acceptors (Lipinski definition) is 4. The number of aliphatic hydroxyl groups is 1. The highest BCUT2D eigenvalue weighted by Gasteiger charge is 2.41. The van der Waals surface area contributed by atoms with Gasteiger partial charge in [-0.3, -0.25) is 0 Å². The lowest BCUT2D eigenvalue weighted by Gasteiger charge is -2.26. The number of sulfonamides is 1. The standard InChI is InChI=1S/C14H21NO3S2/c1-15(7-13-5-10-2-3-12(13)4-10)20(17,18)14-6-11(8-16)9-19-14/h6,9-10,12-13,16H,2-5,7-8H2,1H3. The van der Waals surface area contributed by atoms with Crippen LogP contribution in [0.3, 0.4) is 0 Å². The van der Waals surface area contributed by atoms with Gasteiger partial charge < -0.3 is 5.11 Å². The van der Waals surface area contributed by atoms with E-state index in [0.717, 1.165) is 11.8 Å². The fourth-order valence-corrected chi connectivity index (χ4v) is 6.39. The van der Waals surface area contributed by atoms with Gasteiger partial charge in [0.15, 0.2) is 0 Å². The summed E-state index contributed by atoms with van der Waals surface area (Å²) < 4.78 is 26.9. The predicted octanol–water partition coefficient (Wildman–Crippen LogP) is 2.30. The zero-order valence-electron chi connectivity index (χ0n) is 11.7. The molecule has 3 unspecified atom stereocenters. The molecule has 0 saturated heterocycles. The van der Waals surface area contributed by atoms with Gasteiger partial charge in [0.1, 0.15) is 4.21 Å². The Kier molecular flexibility index (Phi) is 3.92. The van der Waals surface area contributed by atoms with Crippen LogP contribution in [-0.4, -0.2) is 31.4 Å². The van der Waals surface area contributed by atoms with Crippen LogP contribution >= 0.6 is 11.3 Å². The molecule has 1 heterocycles. The molecule has 3 rings (SSSR count). The third-order valence-electron chi connectivity index (χ3n) is 4.85. The second-order valence-electron chi connectivity index (χ2n) is 6.15. The molecule has 2 aliphatic rings. The first-order valence-electron chi connectivity index (χ1n) is 7.15. The summed E-state index contributed by atoms with van der Waals surface area (Å²) in [6.07, 6.45) is 5.10. The summed E-state index contributed by atoms with van der Waals surface area (Å²) in [7, 11) is -1.71. The molecule has 2 saturated carbocycles. The minimum Gasteiger partial charge on any atom is -0.392 e. The van der Waals surface area contributed by atoms with Gasteiger partial charge in [0.25, 0.3) is 10.0 Å². The lowest BCUT2D eigenvalue weighted by Crippen LogP contribution is -2.33. The maximum absolute atomic E-state index is 12.5. The van der Waals surface area contributed by atoms with Crippen LogP contribution in [0.15, 0.2) is 15.7 Å². The normalized spacial score (nSPS) is 29.4. The van der Waals surface area contributed by atoms with Gasteiger partial charge in [0.2, 0.25) is 0 Å². The fourth-order valence-electron chi connectivity index (χ4n) is 3.75. The van der Waals surface area contributed by atoms with Gasteiger partial charge in [0.05, 0.1) is 6.61 Å². The predicted molar refractivity (Wildman–Crippen MR) is 79.0 cm³/mol. The van der Waals surface area contributed by atoms with Crippen molar-refractivity contribution in [3.05, 3.63) is 17.0 Å². The van der Waals surface area contributed by atoms with E-state index in [1.807, 2.05) is 0 Å². The van der Waals surface area contributed by atoms with Crippen LogP contribution < -0.4 is 0 Å². The molecule has 2 fully saturated rings. The van der Waals surface area contributed by atoms with Crippen molar-refractivity contribution in [2.75, 3.05) is 13.6 Å². The number of fused-ring (bicyclic) bond motifs is 2. The van der Waals surface area contributed by atoms with Crippen molar-refractivity contribution in [1.82, 2.24) is 4.31 Å². The van der Waals surface area contributed by atoms with Crippen molar-refractivity contribution in [3.8, 4) is 0 Å². The van der Waals surface area contributed by atoms with E-state index in [2.05, 4.69) is 0 Å². The summed E-state index contributed by atoms with van der Waals surface area (Å²) in [5.41, 5.74) is 0.668. The van der Waals surface area contributed by atoms with Gasteiger partial charge in [-0.05, 0) is 54.0 Å². The van der Waals surface area contributed by atoms with Gasteiger partial charge in [-0.15, -0.1) is 11.3 Å². The monoisotopic (exact) mass is 315 g/mol. The summed E-state index contributed by atoms with van der Waals surface area (Å²) in [6, 6.07) is 1.58. The van der Waals surface area contributed by atoms with E-state index < -0.39 is 10.0 Å². The number of rotatable bonds is 5. The summed E-state index contributed by atoms with van der Waals surface area (Å²) in [6.45, 7) is 0.526. The average molecular weight is 315 g/mol. The van der Waals surface area contributed by atoms with Crippen molar-refractivity contribution in [2.45, 2.75) is 36.5 Å². The van der Waals surface area contributed by atoms with Gasteiger partial charge in [0, 0.05) is 13.6 Å². The lowest BCUT2D eigenvalue weighted by molar-refractivity contribution is 0.280. The van der Waals surface area contributed by atoms with Gasteiger partial charge in [-0.25, -0.2) is 8.42 Å². The highest BCUT2D eigenvalue weighted by Crippen LogP contribution is 2.48. The average Bonchev–Trinajstić information content (AvgIpc) is 3.14. The molecule has 0 radical (unpaired) electrons. The first kappa shape index (κ1) is 14.5. The SMILES string of the molecule is CN(CC1CC2CCC1C2)S(=O)(=O)c1cc(CO)cs1. The second kappa shape index (κ2) is 5.40. The molecule has 1 aromatic rings. The Labute approximate surface area is 124 Å². The Morgan fingerprint density at radius 1 is 1.40 bits per heavy atom. The van der Waals surface area contributed by atoms with Crippen molar-refractivity contribution in [2.24, 2.45) is 17.8 Å². The zero-order valence-corrected chi connectivity index (χ0v) is 13.3. The van der Waals surface area contributed by atoms with Crippen molar-refractivity contribution < 1.29 is 13.5 Å². The van der Waals surface area contributed by atoms with E-state index in [-0.39, 0.29) is 6.61 Å². The third-order valence-corrected chi connectivity index (χ3v) is 8.14. The smallest absolute Gasteiger partial charge is 0.252 e. The Morgan fingerprint density at radius 2 is 2.20 bits per heavy atom. The molecule has 6 heteroatoms. The lowest BCUT2D eigenvalue weighted by atomic mass is 9.89. The Morgan fingerprint density at radius 3 is 2.75 bits per heavy atom. The van der Waals surface area contributed by atoms with Crippen LogP contribution in [-0.2, 0) is 16.6 Å². The number of hydrogen-bond donors (Lipinski definition) is 1. The number of nitrogens with zero attached hydrogens (tertiary/aromatic N) is 1. The van der Waals surface area contributed by atoms with E-state index in [9.17, 15) is 8.42 Å². The molecule has 0 amide bonds. The van der Waals surface area contributed by atoms with Crippen LogP contribution in [0.2, 0.25) is 0 Å². The van der Waals surface area contributed by atoms with Crippen LogP contribution in [0.5, 0.6) is 0 Å². The molecule has 0 aromatic carbocycles. The minimum atomic E-state index is -3.39. The van der Waals surface area contributed by atoms with E-state index >= 15 is 0 Å². The first-order chi connectivity index (χ1) is 9.50. The van der Waals surface area contributed by atoms with E-state index in [1.165, 1.54) is 41.3 Å². The molecule has 20 heavy (non-hydrogen) atoms. The van der Waals surface area contributed by atoms with Crippen LogP contribution in [0.25, 0.3) is 0 Å². The zero-order chi connectivity index (χ0) is 14.3. The molecular weight excluding hydrogens is 294 g/mol. The van der Waals surface area contributed by atoms with Crippen LogP contribution in [0.4, 0.5) is 0 Å². The summed E-state index contributed by atoms with van der Waals surface area (Å²) >= 11 is 1.19. The first-order valence-corrected chi connectivity index (χ1v) is 9.47. The molecular formula is C14H21NO3S2. The Hall–Kier alpha value is -0.430. The van der Waals surface area contributed by atoms with E-state index in [0.29, 0.717) is 22.2 Å². The van der Waals surface area contributed by atoms with Crippen LogP contribution in [0, 0.1) is 17.8 Å². The van der Waals surface area contributed by atoms with Gasteiger partial charge in [-0.2, -0.15) is 4.31 Å². The highest BCUT2D eigenvalue weighted by atomic mass is 32.2. The maximum Gasteiger partial charge on any atom is 0.252 e. The number of thiophene rings is 1. The van der Waals surface area contributed by atoms with Gasteiger partial charge in [-0.1, -0.05) is 6.42 Å². The van der Waals surface area contributed by atoms with Crippen molar-refractivity contribution in [3.63, 3.8) is 0 Å². The van der Waals surface area contributed by atoms with Crippen LogP contribution in [0.1, 0.15) is 31.2 Å². The Bertz CT molecular complexity index is 581. The van der Waals surface area contributed by atoms with E-state index in [4.69, 9.17) is 5.11 Å². The van der Waals surface area contributed by atoms with Crippen molar-refractivity contribution >= 4 is 21.4 Å². The molecule has 1 N–H and O–H groups in total. The highest BCUT2D eigenvalue weighted by molar-refractivity contribution is 7.91. The summed E-state index contributed by atoms with van der Waals surface area (Å²) in [5.74, 6) is 2.10. The minimum absolute atomic E-state index is 0.109. The second-order valence-corrected chi connectivity index (χ2v) is 9.34. The summed E-state index contributed by atoms with van der Waals surface area (Å²) in [5, 5.41) is 10.8. The molecule has 4 nitrogen and oxygen atoms in total. The van der Waals surface area contributed by atoms with Crippen molar-refractivity contribution in [1.29, 1.82) is 0 Å². The third kappa shape index (κ3) is 2.54.